The molecule has 0 radical (unpaired) electrons. The van der Waals surface area contributed by atoms with Gasteiger partial charge < -0.3 is 10.4 Å². The highest BCUT2D eigenvalue weighted by Gasteiger charge is 2.58. The first kappa shape index (κ1) is 17.3. The maximum Gasteiger partial charge on any atom is 0.229 e. The fourth-order valence-electron chi connectivity index (χ4n) is 4.20. The number of carbonyl (C=O) groups excluding carboxylic acids is 1. The normalized spacial score (nSPS) is 26.4. The van der Waals surface area contributed by atoms with Gasteiger partial charge in [-0.1, -0.05) is 37.5 Å². The predicted octanol–water partition coefficient (Wildman–Crippen LogP) is 3.27. The minimum Gasteiger partial charge on any atom is -0.395 e. The number of benzene rings is 1. The standard InChI is InChI=1S/C21H27N3O2/c25-14-21(20(26)22-12-16-4-2-1-3-5-16)11-18(21)8-6-15-7-9-19-17(10-15)13-23-24-19/h6-10,13,16,18,25H,1-5,11-12,14H2,(H,22,26)(H,23,24)/b8-6+. The van der Waals surface area contributed by atoms with Crippen LogP contribution in [-0.2, 0) is 4.79 Å². The van der Waals surface area contributed by atoms with Crippen molar-refractivity contribution < 1.29 is 9.90 Å². The predicted molar refractivity (Wildman–Crippen MR) is 102 cm³/mol. The van der Waals surface area contributed by atoms with Crippen LogP contribution in [0.5, 0.6) is 0 Å². The molecule has 26 heavy (non-hydrogen) atoms. The van der Waals surface area contributed by atoms with Gasteiger partial charge in [-0.3, -0.25) is 9.89 Å². The fraction of sp³-hybridized carbons (Fsp3) is 0.524. The highest BCUT2D eigenvalue weighted by Crippen LogP contribution is 2.53. The SMILES string of the molecule is O=C(NCC1CCCCC1)C1(CO)CC1/C=C/c1ccc2[nH]ncc2c1. The second-order valence-corrected chi connectivity index (χ2v) is 7.91. The molecule has 4 rings (SSSR count). The summed E-state index contributed by atoms with van der Waals surface area (Å²) in [6, 6.07) is 6.11. The number of hydrogen-bond acceptors (Lipinski definition) is 3. The van der Waals surface area contributed by atoms with E-state index >= 15 is 0 Å². The molecule has 0 bridgehead atoms. The van der Waals surface area contributed by atoms with Crippen LogP contribution in [0, 0.1) is 17.3 Å². The smallest absolute Gasteiger partial charge is 0.229 e. The number of aliphatic hydroxyl groups is 1. The first-order valence-corrected chi connectivity index (χ1v) is 9.72. The monoisotopic (exact) mass is 353 g/mol. The van der Waals surface area contributed by atoms with Gasteiger partial charge in [-0.2, -0.15) is 5.10 Å². The second-order valence-electron chi connectivity index (χ2n) is 7.91. The number of nitrogens with one attached hydrogen (secondary N) is 2. The Kier molecular flexibility index (Phi) is 4.81. The maximum absolute atomic E-state index is 12.6. The molecule has 2 saturated carbocycles. The van der Waals surface area contributed by atoms with Crippen molar-refractivity contribution in [3.63, 3.8) is 0 Å². The van der Waals surface area contributed by atoms with Crippen LogP contribution in [0.4, 0.5) is 0 Å². The van der Waals surface area contributed by atoms with E-state index in [1.165, 1.54) is 32.1 Å². The Morgan fingerprint density at radius 1 is 1.35 bits per heavy atom. The lowest BCUT2D eigenvalue weighted by Crippen LogP contribution is -2.38. The zero-order chi connectivity index (χ0) is 18.0. The molecule has 1 aromatic heterocycles. The Labute approximate surface area is 153 Å². The molecule has 0 spiro atoms. The number of carbonyl (C=O) groups is 1. The van der Waals surface area contributed by atoms with Crippen molar-refractivity contribution in [2.75, 3.05) is 13.2 Å². The fourth-order valence-corrected chi connectivity index (χ4v) is 4.20. The Hall–Kier alpha value is -2.14. The quantitative estimate of drug-likeness (QED) is 0.746. The molecule has 1 amide bonds. The van der Waals surface area contributed by atoms with E-state index in [2.05, 4.69) is 27.7 Å². The molecule has 5 heteroatoms. The molecule has 2 atom stereocenters. The summed E-state index contributed by atoms with van der Waals surface area (Å²) in [5, 5.41) is 21.0. The van der Waals surface area contributed by atoms with E-state index < -0.39 is 5.41 Å². The molecule has 2 aromatic rings. The Bertz CT molecular complexity index is 806. The number of aromatic amines is 1. The van der Waals surface area contributed by atoms with Gasteiger partial charge in [-0.25, -0.2) is 0 Å². The first-order valence-electron chi connectivity index (χ1n) is 9.72. The van der Waals surface area contributed by atoms with Gasteiger partial charge in [0.2, 0.25) is 5.91 Å². The third kappa shape index (κ3) is 3.40. The lowest BCUT2D eigenvalue weighted by molar-refractivity contribution is -0.128. The van der Waals surface area contributed by atoms with E-state index in [4.69, 9.17) is 0 Å². The third-order valence-corrected chi connectivity index (χ3v) is 6.13. The van der Waals surface area contributed by atoms with E-state index in [0.717, 1.165) is 29.4 Å². The summed E-state index contributed by atoms with van der Waals surface area (Å²) in [6.45, 7) is 0.674. The van der Waals surface area contributed by atoms with Gasteiger partial charge >= 0.3 is 0 Å². The summed E-state index contributed by atoms with van der Waals surface area (Å²) in [6.07, 6.45) is 12.9. The number of amides is 1. The van der Waals surface area contributed by atoms with Crippen molar-refractivity contribution in [1.29, 1.82) is 0 Å². The van der Waals surface area contributed by atoms with Crippen LogP contribution in [0.25, 0.3) is 17.0 Å². The molecule has 2 fully saturated rings. The van der Waals surface area contributed by atoms with Gasteiger partial charge in [-0.15, -0.1) is 0 Å². The van der Waals surface area contributed by atoms with E-state index in [1.54, 1.807) is 6.20 Å². The van der Waals surface area contributed by atoms with E-state index in [9.17, 15) is 9.90 Å². The van der Waals surface area contributed by atoms with E-state index in [-0.39, 0.29) is 18.4 Å². The number of allylic oxidation sites excluding steroid dienone is 1. The van der Waals surface area contributed by atoms with Gasteiger partial charge in [0.25, 0.3) is 0 Å². The van der Waals surface area contributed by atoms with Crippen molar-refractivity contribution in [3.05, 3.63) is 36.0 Å². The summed E-state index contributed by atoms with van der Waals surface area (Å²) >= 11 is 0. The number of hydrogen-bond donors (Lipinski definition) is 3. The van der Waals surface area contributed by atoms with Crippen molar-refractivity contribution in [2.45, 2.75) is 38.5 Å². The number of fused-ring (bicyclic) bond motifs is 1. The maximum atomic E-state index is 12.6. The summed E-state index contributed by atoms with van der Waals surface area (Å²) < 4.78 is 0. The van der Waals surface area contributed by atoms with Crippen LogP contribution < -0.4 is 5.32 Å². The van der Waals surface area contributed by atoms with E-state index in [0.29, 0.717) is 5.92 Å². The number of nitrogens with zero attached hydrogens (tertiary/aromatic N) is 1. The molecule has 138 valence electrons. The average molecular weight is 353 g/mol. The molecule has 5 nitrogen and oxygen atoms in total. The van der Waals surface area contributed by atoms with Gasteiger partial charge in [0.15, 0.2) is 0 Å². The van der Waals surface area contributed by atoms with Crippen LogP contribution in [0.15, 0.2) is 30.5 Å². The Morgan fingerprint density at radius 2 is 2.19 bits per heavy atom. The lowest BCUT2D eigenvalue weighted by Gasteiger charge is -2.23. The van der Waals surface area contributed by atoms with Crippen LogP contribution in [0.2, 0.25) is 0 Å². The van der Waals surface area contributed by atoms with Crippen molar-refractivity contribution in [2.24, 2.45) is 17.3 Å². The van der Waals surface area contributed by atoms with Gasteiger partial charge in [-0.05, 0) is 48.8 Å². The minimum atomic E-state index is -0.620. The van der Waals surface area contributed by atoms with Crippen molar-refractivity contribution in [3.8, 4) is 0 Å². The number of aromatic nitrogens is 2. The molecule has 3 N–H and O–H groups in total. The molecular formula is C21H27N3O2. The molecule has 2 unspecified atom stereocenters. The van der Waals surface area contributed by atoms with E-state index in [1.807, 2.05) is 18.2 Å². The van der Waals surface area contributed by atoms with Crippen LogP contribution in [0.1, 0.15) is 44.1 Å². The highest BCUT2D eigenvalue weighted by atomic mass is 16.3. The van der Waals surface area contributed by atoms with Gasteiger partial charge in [0.05, 0.1) is 23.7 Å². The van der Waals surface area contributed by atoms with Crippen molar-refractivity contribution >= 4 is 22.9 Å². The van der Waals surface area contributed by atoms with Crippen molar-refractivity contribution in [1.82, 2.24) is 15.5 Å². The summed E-state index contributed by atoms with van der Waals surface area (Å²) in [5.74, 6) is 0.738. The molecule has 1 heterocycles. The Morgan fingerprint density at radius 3 is 3.00 bits per heavy atom. The summed E-state index contributed by atoms with van der Waals surface area (Å²) in [7, 11) is 0. The zero-order valence-corrected chi connectivity index (χ0v) is 15.1. The summed E-state index contributed by atoms with van der Waals surface area (Å²) in [5.41, 5.74) is 1.48. The van der Waals surface area contributed by atoms with Crippen LogP contribution in [-0.4, -0.2) is 34.4 Å². The molecule has 0 saturated heterocycles. The van der Waals surface area contributed by atoms with Gasteiger partial charge in [0, 0.05) is 11.9 Å². The average Bonchev–Trinajstić information content (AvgIpc) is 3.22. The largest absolute Gasteiger partial charge is 0.395 e. The molecule has 1 aromatic carbocycles. The first-order chi connectivity index (χ1) is 12.7. The summed E-state index contributed by atoms with van der Waals surface area (Å²) in [4.78, 5) is 12.6. The third-order valence-electron chi connectivity index (χ3n) is 6.13. The lowest BCUT2D eigenvalue weighted by atomic mass is 9.89. The number of H-pyrrole nitrogens is 1. The minimum absolute atomic E-state index is 0.0190. The van der Waals surface area contributed by atoms with Crippen LogP contribution >= 0.6 is 0 Å². The molecule has 0 aliphatic heterocycles. The highest BCUT2D eigenvalue weighted by molar-refractivity contribution is 5.87. The van der Waals surface area contributed by atoms with Crippen LogP contribution in [0.3, 0.4) is 0 Å². The second kappa shape index (κ2) is 7.23. The van der Waals surface area contributed by atoms with Gasteiger partial charge in [0.1, 0.15) is 0 Å². The Balaban J connectivity index is 1.36. The zero-order valence-electron chi connectivity index (χ0n) is 15.1. The molecule has 2 aliphatic carbocycles. The molecular weight excluding hydrogens is 326 g/mol. The number of aliphatic hydroxyl groups excluding tert-OH is 1. The number of rotatable bonds is 6. The molecule has 2 aliphatic rings. The topological polar surface area (TPSA) is 78.0 Å².